The summed E-state index contributed by atoms with van der Waals surface area (Å²) < 4.78 is 0. The summed E-state index contributed by atoms with van der Waals surface area (Å²) in [5, 5.41) is 20.7. The van der Waals surface area contributed by atoms with Crippen molar-refractivity contribution in [1.29, 1.82) is 0 Å². The minimum atomic E-state index is -0.458. The molecule has 0 aliphatic carbocycles. The average Bonchev–Trinajstić information content (AvgIpc) is 2.40. The van der Waals surface area contributed by atoms with Crippen molar-refractivity contribution < 1.29 is 10.3 Å². The van der Waals surface area contributed by atoms with Gasteiger partial charge in [0.1, 0.15) is 5.75 Å². The number of hydrogen-bond donors (Lipinski definition) is 2. The van der Waals surface area contributed by atoms with E-state index in [0.29, 0.717) is 5.84 Å². The van der Waals surface area contributed by atoms with Gasteiger partial charge in [-0.05, 0) is 52.0 Å². The standard InChI is InChI=1S/C13H18N2O2/c1-12(2)13(3,4)15(17)11(14-12)9-5-7-10(16)8-6-9/h5-8,16-17H,1-4H3. The van der Waals surface area contributed by atoms with Gasteiger partial charge in [0.25, 0.3) is 0 Å². The molecular weight excluding hydrogens is 216 g/mol. The van der Waals surface area contributed by atoms with Crippen molar-refractivity contribution in [3.8, 4) is 5.75 Å². The molecule has 0 unspecified atom stereocenters. The van der Waals surface area contributed by atoms with E-state index in [0.717, 1.165) is 5.56 Å². The molecule has 4 nitrogen and oxygen atoms in total. The molecule has 0 radical (unpaired) electrons. The zero-order valence-electron chi connectivity index (χ0n) is 10.6. The first-order valence-corrected chi connectivity index (χ1v) is 5.64. The van der Waals surface area contributed by atoms with Gasteiger partial charge in [-0.2, -0.15) is 0 Å². The SMILES string of the molecule is CC1(C)N=C(c2ccc(O)cc2)N(O)C1(C)C. The first-order valence-electron chi connectivity index (χ1n) is 5.64. The molecule has 0 spiro atoms. The van der Waals surface area contributed by atoms with Gasteiger partial charge in [-0.15, -0.1) is 0 Å². The van der Waals surface area contributed by atoms with Crippen molar-refractivity contribution >= 4 is 5.84 Å². The van der Waals surface area contributed by atoms with Crippen LogP contribution >= 0.6 is 0 Å². The van der Waals surface area contributed by atoms with Crippen LogP contribution in [0.4, 0.5) is 0 Å². The maximum atomic E-state index is 10.2. The number of phenolic OH excluding ortho intramolecular Hbond substituents is 1. The summed E-state index contributed by atoms with van der Waals surface area (Å²) in [7, 11) is 0. The van der Waals surface area contributed by atoms with Crippen LogP contribution in [0.1, 0.15) is 33.3 Å². The van der Waals surface area contributed by atoms with Crippen LogP contribution in [0.25, 0.3) is 0 Å². The first-order chi connectivity index (χ1) is 7.75. The third-order valence-electron chi connectivity index (χ3n) is 3.74. The van der Waals surface area contributed by atoms with Crippen molar-refractivity contribution in [2.45, 2.75) is 38.8 Å². The number of rotatable bonds is 1. The zero-order valence-corrected chi connectivity index (χ0v) is 10.6. The number of aliphatic imine (C=N–C) groups is 1. The van der Waals surface area contributed by atoms with Gasteiger partial charge in [0, 0.05) is 5.56 Å². The molecule has 1 aromatic rings. The number of nitrogens with zero attached hydrogens (tertiary/aromatic N) is 2. The molecule has 92 valence electrons. The van der Waals surface area contributed by atoms with E-state index < -0.39 is 5.54 Å². The molecule has 0 aromatic heterocycles. The summed E-state index contributed by atoms with van der Waals surface area (Å²) in [6, 6.07) is 6.66. The highest BCUT2D eigenvalue weighted by atomic mass is 16.5. The van der Waals surface area contributed by atoms with E-state index in [-0.39, 0.29) is 11.3 Å². The second kappa shape index (κ2) is 3.47. The van der Waals surface area contributed by atoms with Crippen LogP contribution < -0.4 is 0 Å². The van der Waals surface area contributed by atoms with Gasteiger partial charge < -0.3 is 5.11 Å². The maximum Gasteiger partial charge on any atom is 0.156 e. The monoisotopic (exact) mass is 234 g/mol. The summed E-state index contributed by atoms with van der Waals surface area (Å²) >= 11 is 0. The van der Waals surface area contributed by atoms with Gasteiger partial charge in [-0.1, -0.05) is 0 Å². The minimum absolute atomic E-state index is 0.204. The highest BCUT2D eigenvalue weighted by Crippen LogP contribution is 2.37. The Morgan fingerprint density at radius 1 is 1.06 bits per heavy atom. The Kier molecular flexibility index (Phi) is 2.43. The number of aromatic hydroxyl groups is 1. The van der Waals surface area contributed by atoms with Crippen LogP contribution in [-0.4, -0.2) is 32.3 Å². The van der Waals surface area contributed by atoms with Crippen LogP contribution in [0.3, 0.4) is 0 Å². The Balaban J connectivity index is 2.45. The van der Waals surface area contributed by atoms with E-state index in [9.17, 15) is 10.3 Å². The van der Waals surface area contributed by atoms with E-state index in [4.69, 9.17) is 0 Å². The van der Waals surface area contributed by atoms with E-state index in [1.807, 2.05) is 27.7 Å². The van der Waals surface area contributed by atoms with Gasteiger partial charge in [-0.3, -0.25) is 10.2 Å². The molecule has 1 aliphatic rings. The average molecular weight is 234 g/mol. The van der Waals surface area contributed by atoms with Gasteiger partial charge >= 0.3 is 0 Å². The summed E-state index contributed by atoms with van der Waals surface area (Å²) in [6.45, 7) is 7.88. The summed E-state index contributed by atoms with van der Waals surface area (Å²) in [5.74, 6) is 0.746. The van der Waals surface area contributed by atoms with Gasteiger partial charge in [0.05, 0.1) is 11.1 Å². The molecule has 1 heterocycles. The lowest BCUT2D eigenvalue weighted by atomic mass is 9.84. The number of hydroxylamine groups is 2. The largest absolute Gasteiger partial charge is 0.508 e. The number of phenols is 1. The predicted molar refractivity (Wildman–Crippen MR) is 66.4 cm³/mol. The fraction of sp³-hybridized carbons (Fsp3) is 0.462. The number of benzene rings is 1. The maximum absolute atomic E-state index is 10.2. The lowest BCUT2D eigenvalue weighted by molar-refractivity contribution is -0.0992. The molecule has 0 saturated heterocycles. The molecule has 0 atom stereocenters. The Labute approximate surface area is 101 Å². The van der Waals surface area contributed by atoms with Gasteiger partial charge in [0.15, 0.2) is 5.84 Å². The van der Waals surface area contributed by atoms with E-state index in [1.165, 1.54) is 5.06 Å². The Morgan fingerprint density at radius 3 is 2.00 bits per heavy atom. The molecule has 0 bridgehead atoms. The second-order valence-corrected chi connectivity index (χ2v) is 5.41. The zero-order chi connectivity index (χ0) is 12.8. The minimum Gasteiger partial charge on any atom is -0.508 e. The third-order valence-corrected chi connectivity index (χ3v) is 3.74. The first kappa shape index (κ1) is 11.9. The molecule has 1 aromatic carbocycles. The number of amidine groups is 1. The van der Waals surface area contributed by atoms with Gasteiger partial charge in [-0.25, -0.2) is 5.06 Å². The van der Waals surface area contributed by atoms with Crippen LogP contribution in [-0.2, 0) is 0 Å². The Hall–Kier alpha value is -1.55. The lowest BCUT2D eigenvalue weighted by Crippen LogP contribution is -2.51. The highest BCUT2D eigenvalue weighted by Gasteiger charge is 2.49. The molecule has 17 heavy (non-hydrogen) atoms. The van der Waals surface area contributed by atoms with Crippen molar-refractivity contribution in [3.63, 3.8) is 0 Å². The fourth-order valence-corrected chi connectivity index (χ4v) is 1.77. The Morgan fingerprint density at radius 2 is 1.59 bits per heavy atom. The molecule has 2 rings (SSSR count). The smallest absolute Gasteiger partial charge is 0.156 e. The molecule has 4 heteroatoms. The summed E-state index contributed by atoms with van der Waals surface area (Å²) in [6.07, 6.45) is 0. The van der Waals surface area contributed by atoms with Gasteiger partial charge in [0.2, 0.25) is 0 Å². The fourth-order valence-electron chi connectivity index (χ4n) is 1.77. The lowest BCUT2D eigenvalue weighted by Gasteiger charge is -2.36. The second-order valence-electron chi connectivity index (χ2n) is 5.41. The summed E-state index contributed by atoms with van der Waals surface area (Å²) in [5.41, 5.74) is -0.0289. The van der Waals surface area contributed by atoms with Crippen molar-refractivity contribution in [2.75, 3.05) is 0 Å². The van der Waals surface area contributed by atoms with Crippen LogP contribution in [0.15, 0.2) is 29.3 Å². The van der Waals surface area contributed by atoms with Crippen LogP contribution in [0.5, 0.6) is 5.75 Å². The molecule has 0 fully saturated rings. The quantitative estimate of drug-likeness (QED) is 0.784. The normalized spacial score (nSPS) is 21.5. The van der Waals surface area contributed by atoms with Crippen molar-refractivity contribution in [1.82, 2.24) is 5.06 Å². The summed E-state index contributed by atoms with van der Waals surface area (Å²) in [4.78, 5) is 4.57. The molecule has 1 aliphatic heterocycles. The molecule has 0 amide bonds. The van der Waals surface area contributed by atoms with Crippen molar-refractivity contribution in [3.05, 3.63) is 29.8 Å². The van der Waals surface area contributed by atoms with E-state index >= 15 is 0 Å². The highest BCUT2D eigenvalue weighted by molar-refractivity contribution is 6.00. The van der Waals surface area contributed by atoms with Crippen molar-refractivity contribution in [2.24, 2.45) is 4.99 Å². The molecule has 2 N–H and O–H groups in total. The predicted octanol–water partition coefficient (Wildman–Crippen LogP) is 2.40. The Bertz CT molecular complexity index is 461. The number of hydrogen-bond acceptors (Lipinski definition) is 4. The van der Waals surface area contributed by atoms with E-state index in [2.05, 4.69) is 4.99 Å². The topological polar surface area (TPSA) is 56.1 Å². The third kappa shape index (κ3) is 1.69. The van der Waals surface area contributed by atoms with Crippen LogP contribution in [0.2, 0.25) is 0 Å². The molecular formula is C13H18N2O2. The van der Waals surface area contributed by atoms with Crippen LogP contribution in [0, 0.1) is 0 Å². The molecule has 0 saturated carbocycles. The van der Waals surface area contributed by atoms with E-state index in [1.54, 1.807) is 24.3 Å².